The number of amides is 1. The Kier molecular flexibility index (Phi) is 6.36. The van der Waals surface area contributed by atoms with E-state index in [1.807, 2.05) is 38.1 Å². The van der Waals surface area contributed by atoms with Gasteiger partial charge in [0.15, 0.2) is 0 Å². The van der Waals surface area contributed by atoms with Crippen molar-refractivity contribution in [1.82, 2.24) is 5.32 Å². The molecular weight excluding hydrogens is 240 g/mol. The van der Waals surface area contributed by atoms with Gasteiger partial charge in [0.2, 0.25) is 5.91 Å². The highest BCUT2D eigenvalue weighted by atomic mass is 16.5. The Bertz CT molecular complexity index is 407. The lowest BCUT2D eigenvalue weighted by Crippen LogP contribution is -2.37. The molecule has 0 saturated heterocycles. The van der Waals surface area contributed by atoms with Crippen molar-refractivity contribution in [1.29, 1.82) is 0 Å². The van der Waals surface area contributed by atoms with E-state index in [1.165, 1.54) is 0 Å². The molecule has 1 rings (SSSR count). The fraction of sp³-hybridized carbons (Fsp3) is 0.533. The second kappa shape index (κ2) is 7.79. The molecule has 106 valence electrons. The maximum Gasteiger partial charge on any atom is 0.221 e. The van der Waals surface area contributed by atoms with Crippen LogP contribution in [0.5, 0.6) is 5.75 Å². The van der Waals surface area contributed by atoms with Crippen molar-refractivity contribution < 1.29 is 9.53 Å². The van der Waals surface area contributed by atoms with Gasteiger partial charge in [-0.2, -0.15) is 0 Å². The summed E-state index contributed by atoms with van der Waals surface area (Å²) in [6.45, 7) is 3.97. The van der Waals surface area contributed by atoms with Gasteiger partial charge in [-0.1, -0.05) is 25.1 Å². The molecule has 2 unspecified atom stereocenters. The van der Waals surface area contributed by atoms with Crippen LogP contribution in [-0.4, -0.2) is 25.1 Å². The fourth-order valence-corrected chi connectivity index (χ4v) is 1.97. The van der Waals surface area contributed by atoms with Crippen LogP contribution in [0, 0.1) is 0 Å². The van der Waals surface area contributed by atoms with E-state index in [4.69, 9.17) is 10.5 Å². The van der Waals surface area contributed by atoms with Crippen molar-refractivity contribution >= 4 is 5.91 Å². The number of ether oxygens (including phenoxy) is 1. The van der Waals surface area contributed by atoms with Crippen LogP contribution in [0.25, 0.3) is 0 Å². The quantitative estimate of drug-likeness (QED) is 0.790. The van der Waals surface area contributed by atoms with Gasteiger partial charge in [0.05, 0.1) is 7.11 Å². The summed E-state index contributed by atoms with van der Waals surface area (Å²) in [5.41, 5.74) is 6.86. The smallest absolute Gasteiger partial charge is 0.221 e. The predicted molar refractivity (Wildman–Crippen MR) is 77.2 cm³/mol. The van der Waals surface area contributed by atoms with Gasteiger partial charge in [0, 0.05) is 18.5 Å². The molecule has 0 aliphatic carbocycles. The minimum atomic E-state index is -0.0570. The third-order valence-corrected chi connectivity index (χ3v) is 3.10. The van der Waals surface area contributed by atoms with Crippen molar-refractivity contribution in [3.8, 4) is 5.75 Å². The van der Waals surface area contributed by atoms with Gasteiger partial charge in [0.1, 0.15) is 5.75 Å². The number of nitrogens with two attached hydrogens (primary N) is 1. The monoisotopic (exact) mass is 264 g/mol. The third kappa shape index (κ3) is 5.30. The Morgan fingerprint density at radius 1 is 1.42 bits per heavy atom. The number of nitrogens with one attached hydrogen (secondary N) is 1. The number of hydrogen-bond acceptors (Lipinski definition) is 3. The molecule has 0 saturated carbocycles. The maximum absolute atomic E-state index is 11.7. The molecule has 1 aromatic rings. The van der Waals surface area contributed by atoms with Crippen LogP contribution < -0.4 is 15.8 Å². The van der Waals surface area contributed by atoms with Gasteiger partial charge >= 0.3 is 0 Å². The maximum atomic E-state index is 11.7. The number of para-hydroxylation sites is 1. The van der Waals surface area contributed by atoms with Gasteiger partial charge < -0.3 is 15.8 Å². The fourth-order valence-electron chi connectivity index (χ4n) is 1.97. The summed E-state index contributed by atoms with van der Waals surface area (Å²) in [7, 11) is 1.66. The average molecular weight is 264 g/mol. The topological polar surface area (TPSA) is 64.4 Å². The van der Waals surface area contributed by atoms with E-state index >= 15 is 0 Å². The summed E-state index contributed by atoms with van der Waals surface area (Å²) in [4.78, 5) is 11.7. The molecule has 0 heterocycles. The Balaban J connectivity index is 2.50. The molecule has 0 spiro atoms. The Morgan fingerprint density at radius 2 is 2.11 bits per heavy atom. The van der Waals surface area contributed by atoms with Crippen LogP contribution in [0.2, 0.25) is 0 Å². The van der Waals surface area contributed by atoms with Crippen molar-refractivity contribution in [2.45, 2.75) is 45.2 Å². The van der Waals surface area contributed by atoms with Gasteiger partial charge in [-0.05, 0) is 31.4 Å². The molecule has 0 fully saturated rings. The minimum absolute atomic E-state index is 0.0109. The molecule has 0 aliphatic heterocycles. The molecule has 0 bridgehead atoms. The van der Waals surface area contributed by atoms with E-state index in [-0.39, 0.29) is 18.0 Å². The van der Waals surface area contributed by atoms with Crippen LogP contribution in [0.15, 0.2) is 24.3 Å². The largest absolute Gasteiger partial charge is 0.496 e. The SMILES string of the molecule is CCC(N)CC(=O)NC(C)Cc1ccccc1OC. The van der Waals surface area contributed by atoms with Crippen molar-refractivity contribution in [2.75, 3.05) is 7.11 Å². The summed E-state index contributed by atoms with van der Waals surface area (Å²) >= 11 is 0. The van der Waals surface area contributed by atoms with Crippen LogP contribution in [-0.2, 0) is 11.2 Å². The summed E-state index contributed by atoms with van der Waals surface area (Å²) in [5, 5.41) is 2.97. The molecule has 1 aromatic carbocycles. The average Bonchev–Trinajstić information content (AvgIpc) is 2.38. The summed E-state index contributed by atoms with van der Waals surface area (Å²) in [6, 6.07) is 7.85. The molecule has 1 amide bonds. The highest BCUT2D eigenvalue weighted by molar-refractivity contribution is 5.76. The molecule has 0 aromatic heterocycles. The number of benzene rings is 1. The molecule has 4 heteroatoms. The van der Waals surface area contributed by atoms with Gasteiger partial charge in [-0.3, -0.25) is 4.79 Å². The Labute approximate surface area is 115 Å². The highest BCUT2D eigenvalue weighted by Crippen LogP contribution is 2.18. The summed E-state index contributed by atoms with van der Waals surface area (Å²) in [6.07, 6.45) is 1.94. The molecule has 19 heavy (non-hydrogen) atoms. The number of methoxy groups -OCH3 is 1. The first-order chi connectivity index (χ1) is 9.06. The molecule has 0 aliphatic rings. The van der Waals surface area contributed by atoms with Gasteiger partial charge in [0.25, 0.3) is 0 Å². The molecular formula is C15H24N2O2. The number of carbonyl (C=O) groups excluding carboxylic acids is 1. The van der Waals surface area contributed by atoms with Crippen LogP contribution in [0.1, 0.15) is 32.3 Å². The first kappa shape index (κ1) is 15.5. The Morgan fingerprint density at radius 3 is 2.74 bits per heavy atom. The van der Waals surface area contributed by atoms with Gasteiger partial charge in [-0.15, -0.1) is 0 Å². The van der Waals surface area contributed by atoms with Crippen molar-refractivity contribution in [2.24, 2.45) is 5.73 Å². The lowest BCUT2D eigenvalue weighted by molar-refractivity contribution is -0.122. The number of carbonyl (C=O) groups is 1. The van der Waals surface area contributed by atoms with Crippen LogP contribution in [0.3, 0.4) is 0 Å². The van der Waals surface area contributed by atoms with Gasteiger partial charge in [-0.25, -0.2) is 0 Å². The van der Waals surface area contributed by atoms with Crippen molar-refractivity contribution in [3.63, 3.8) is 0 Å². The zero-order valence-electron chi connectivity index (χ0n) is 12.0. The number of hydrogen-bond donors (Lipinski definition) is 2. The first-order valence-electron chi connectivity index (χ1n) is 6.73. The Hall–Kier alpha value is -1.55. The van der Waals surface area contributed by atoms with E-state index in [0.29, 0.717) is 6.42 Å². The van der Waals surface area contributed by atoms with Crippen LogP contribution in [0.4, 0.5) is 0 Å². The second-order valence-electron chi connectivity index (χ2n) is 4.86. The molecule has 3 N–H and O–H groups in total. The third-order valence-electron chi connectivity index (χ3n) is 3.10. The zero-order valence-corrected chi connectivity index (χ0v) is 12.0. The van der Waals surface area contributed by atoms with Crippen molar-refractivity contribution in [3.05, 3.63) is 29.8 Å². The zero-order chi connectivity index (χ0) is 14.3. The minimum Gasteiger partial charge on any atom is -0.496 e. The first-order valence-corrected chi connectivity index (χ1v) is 6.73. The van der Waals surface area contributed by atoms with E-state index in [1.54, 1.807) is 7.11 Å². The standard InChI is InChI=1S/C15H24N2O2/c1-4-13(16)10-15(18)17-11(2)9-12-7-5-6-8-14(12)19-3/h5-8,11,13H,4,9-10,16H2,1-3H3,(H,17,18). The van der Waals surface area contributed by atoms with E-state index in [0.717, 1.165) is 24.2 Å². The lowest BCUT2D eigenvalue weighted by atomic mass is 10.1. The highest BCUT2D eigenvalue weighted by Gasteiger charge is 2.12. The molecule has 2 atom stereocenters. The summed E-state index contributed by atoms with van der Waals surface area (Å²) in [5.74, 6) is 0.866. The molecule has 4 nitrogen and oxygen atoms in total. The van der Waals surface area contributed by atoms with E-state index in [2.05, 4.69) is 5.32 Å². The predicted octanol–water partition coefficient (Wildman–Crippen LogP) is 1.87. The van der Waals surface area contributed by atoms with E-state index < -0.39 is 0 Å². The lowest BCUT2D eigenvalue weighted by Gasteiger charge is -2.17. The molecule has 0 radical (unpaired) electrons. The van der Waals surface area contributed by atoms with Crippen LogP contribution >= 0.6 is 0 Å². The summed E-state index contributed by atoms with van der Waals surface area (Å²) < 4.78 is 5.30. The second-order valence-corrected chi connectivity index (χ2v) is 4.86. The normalized spacial score (nSPS) is 13.7. The van der Waals surface area contributed by atoms with E-state index in [9.17, 15) is 4.79 Å². The number of rotatable bonds is 7.